The van der Waals surface area contributed by atoms with Crippen LogP contribution in [0.4, 0.5) is 4.79 Å². The summed E-state index contributed by atoms with van der Waals surface area (Å²) in [5, 5.41) is 13.9. The Balaban J connectivity index is -0.00000000161. The van der Waals surface area contributed by atoms with Gasteiger partial charge in [0.1, 0.15) is 0 Å². The Bertz CT molecular complexity index is 45.3. The first kappa shape index (κ1) is 81.8. The largest absolute Gasteiger partial charge is 1.00 e. The molecule has 0 saturated carbocycles. The van der Waals surface area contributed by atoms with Gasteiger partial charge in [-0.15, -0.1) is 0 Å². The van der Waals surface area contributed by atoms with E-state index >= 15 is 0 Å². The van der Waals surface area contributed by atoms with Crippen molar-refractivity contribution in [1.82, 2.24) is 0 Å². The van der Waals surface area contributed by atoms with Crippen LogP contribution in [0.25, 0.3) is 0 Å². The van der Waals surface area contributed by atoms with Gasteiger partial charge in [-0.05, 0) is 0 Å². The molecule has 2 N–H and O–H groups in total. The van der Waals surface area contributed by atoms with E-state index in [1.807, 2.05) is 0 Å². The molecule has 3 nitrogen and oxygen atoms in total. The zero-order chi connectivity index (χ0) is 3.58. The Morgan fingerprint density at radius 3 is 0.667 bits per heavy atom. The molecule has 0 rings (SSSR count). The molecular formula is CH2F4Na4O3. The Labute approximate surface area is 155 Å². The maximum Gasteiger partial charge on any atom is 1.00 e. The summed E-state index contributed by atoms with van der Waals surface area (Å²) < 4.78 is 0. The Morgan fingerprint density at radius 2 is 0.667 bits per heavy atom. The molecule has 12 heavy (non-hydrogen) atoms. The summed E-state index contributed by atoms with van der Waals surface area (Å²) in [5.74, 6) is 0. The van der Waals surface area contributed by atoms with Gasteiger partial charge in [-0.3, -0.25) is 0 Å². The number of halogens is 4. The summed E-state index contributed by atoms with van der Waals surface area (Å²) in [6.07, 6.45) is -1.83. The molecule has 0 radical (unpaired) electrons. The van der Waals surface area contributed by atoms with Crippen LogP contribution < -0.4 is 137 Å². The minimum absolute atomic E-state index is 0. The van der Waals surface area contributed by atoms with E-state index in [4.69, 9.17) is 15.0 Å². The molecule has 0 aromatic heterocycles. The summed E-state index contributed by atoms with van der Waals surface area (Å²) in [6, 6.07) is 0. The third-order valence-corrected chi connectivity index (χ3v) is 0. The Kier molecular flexibility index (Phi) is 448. The molecule has 0 aliphatic carbocycles. The second kappa shape index (κ2) is 65.8. The van der Waals surface area contributed by atoms with Gasteiger partial charge in [0.25, 0.3) is 0 Å². The Morgan fingerprint density at radius 1 is 0.667 bits per heavy atom. The van der Waals surface area contributed by atoms with Crippen LogP contribution in [0.1, 0.15) is 0 Å². The van der Waals surface area contributed by atoms with Crippen molar-refractivity contribution >= 4 is 6.16 Å². The monoisotopic (exact) mass is 230 g/mol. The topological polar surface area (TPSA) is 57.5 Å². The van der Waals surface area contributed by atoms with E-state index in [0.29, 0.717) is 0 Å². The number of rotatable bonds is 0. The minimum Gasteiger partial charge on any atom is -1.00 e. The summed E-state index contributed by atoms with van der Waals surface area (Å²) in [4.78, 5) is 8.56. The first-order chi connectivity index (χ1) is 1.73. The third kappa shape index (κ3) is 209. The number of carboxylic acid groups (broad SMARTS) is 2. The molecule has 0 saturated heterocycles. The molecule has 0 aromatic rings. The van der Waals surface area contributed by atoms with Gasteiger partial charge in [0.05, 0.1) is 0 Å². The predicted octanol–water partition coefficient (Wildman–Crippen LogP) is -23.7. The maximum atomic E-state index is 8.56. The SMILES string of the molecule is O=C(O)O.[F-].[F-].[F-].[F-].[Na+].[Na+].[Na+].[Na+]. The van der Waals surface area contributed by atoms with Gasteiger partial charge < -0.3 is 29.0 Å². The fourth-order valence-electron chi connectivity index (χ4n) is 0. The quantitative estimate of drug-likeness (QED) is 0.321. The molecule has 0 heterocycles. The van der Waals surface area contributed by atoms with Gasteiger partial charge in [0.15, 0.2) is 0 Å². The van der Waals surface area contributed by atoms with Crippen LogP contribution in [0.15, 0.2) is 0 Å². The number of carbonyl (C=O) groups is 1. The molecule has 0 aromatic carbocycles. The van der Waals surface area contributed by atoms with Gasteiger partial charge in [-0.25, -0.2) is 4.79 Å². The summed E-state index contributed by atoms with van der Waals surface area (Å²) in [6.45, 7) is 0. The van der Waals surface area contributed by atoms with E-state index < -0.39 is 6.16 Å². The smallest absolute Gasteiger partial charge is 1.00 e. The molecule has 0 unspecified atom stereocenters. The zero-order valence-electron chi connectivity index (χ0n) is 7.31. The number of hydrogen-bond acceptors (Lipinski definition) is 1. The van der Waals surface area contributed by atoms with Crippen molar-refractivity contribution in [1.29, 1.82) is 0 Å². The summed E-state index contributed by atoms with van der Waals surface area (Å²) in [5.41, 5.74) is 0. The van der Waals surface area contributed by atoms with Crippen LogP contribution in [0.3, 0.4) is 0 Å². The van der Waals surface area contributed by atoms with Crippen molar-refractivity contribution in [2.24, 2.45) is 0 Å². The van der Waals surface area contributed by atoms with Gasteiger partial charge >= 0.3 is 124 Å². The average molecular weight is 230 g/mol. The van der Waals surface area contributed by atoms with Crippen molar-refractivity contribution in [3.8, 4) is 0 Å². The average Bonchev–Trinajstić information content (AvgIpc) is 0.811. The van der Waals surface area contributed by atoms with Gasteiger partial charge in [0.2, 0.25) is 0 Å². The Hall–Kier alpha value is 2.99. The van der Waals surface area contributed by atoms with E-state index in [-0.39, 0.29) is 137 Å². The third-order valence-electron chi connectivity index (χ3n) is 0. The van der Waals surface area contributed by atoms with Crippen LogP contribution in [-0.2, 0) is 0 Å². The van der Waals surface area contributed by atoms with E-state index in [1.165, 1.54) is 0 Å². The number of hydrogen-bond donors (Lipinski definition) is 2. The van der Waals surface area contributed by atoms with Crippen molar-refractivity contribution in [2.45, 2.75) is 0 Å². The zero-order valence-corrected chi connectivity index (χ0v) is 15.3. The van der Waals surface area contributed by atoms with Gasteiger partial charge in [0, 0.05) is 0 Å². The van der Waals surface area contributed by atoms with Gasteiger partial charge in [-0.1, -0.05) is 0 Å². The fraction of sp³-hybridized carbons (Fsp3) is 0. The van der Waals surface area contributed by atoms with Crippen molar-refractivity contribution in [2.75, 3.05) is 0 Å². The van der Waals surface area contributed by atoms with E-state index in [2.05, 4.69) is 0 Å². The predicted molar refractivity (Wildman–Crippen MR) is 10.7 cm³/mol. The first-order valence-corrected chi connectivity index (χ1v) is 0.651. The molecule has 0 atom stereocenters. The molecular weight excluding hydrogens is 228 g/mol. The van der Waals surface area contributed by atoms with Crippen LogP contribution in [0, 0.1) is 0 Å². The van der Waals surface area contributed by atoms with Crippen LogP contribution in [0.5, 0.6) is 0 Å². The van der Waals surface area contributed by atoms with Crippen molar-refractivity contribution in [3.05, 3.63) is 0 Å². The standard InChI is InChI=1S/CH2O3.4FH.4Na/c2-1(3)4;;;;;;;;/h(H2,2,3,4);4*1H;;;;/q;;;;;4*+1/p-4. The molecule has 0 aliphatic rings. The van der Waals surface area contributed by atoms with Crippen LogP contribution in [0.2, 0.25) is 0 Å². The van der Waals surface area contributed by atoms with Crippen molar-refractivity contribution < 1.29 is 152 Å². The molecule has 0 spiro atoms. The van der Waals surface area contributed by atoms with E-state index in [1.54, 1.807) is 0 Å². The second-order valence-electron chi connectivity index (χ2n) is 0.283. The first-order valence-electron chi connectivity index (χ1n) is 0.651. The van der Waals surface area contributed by atoms with E-state index in [0.717, 1.165) is 0 Å². The molecule has 0 aliphatic heterocycles. The summed E-state index contributed by atoms with van der Waals surface area (Å²) in [7, 11) is 0. The molecule has 0 fully saturated rings. The maximum absolute atomic E-state index is 8.56. The second-order valence-corrected chi connectivity index (χ2v) is 0.283. The molecule has 0 bridgehead atoms. The molecule has 56 valence electrons. The molecule has 0 amide bonds. The van der Waals surface area contributed by atoms with Gasteiger partial charge in [-0.2, -0.15) is 0 Å². The van der Waals surface area contributed by atoms with Crippen LogP contribution >= 0.6 is 0 Å². The van der Waals surface area contributed by atoms with E-state index in [9.17, 15) is 0 Å². The van der Waals surface area contributed by atoms with Crippen molar-refractivity contribution in [3.63, 3.8) is 0 Å². The van der Waals surface area contributed by atoms with Crippen LogP contribution in [-0.4, -0.2) is 16.4 Å². The summed E-state index contributed by atoms with van der Waals surface area (Å²) >= 11 is 0. The normalized spacial score (nSPS) is 2.00. The fourth-order valence-corrected chi connectivity index (χ4v) is 0. The molecule has 11 heteroatoms. The minimum atomic E-state index is -1.83.